The smallest absolute Gasteiger partial charge is 0.0701 e. The van der Waals surface area contributed by atoms with Crippen molar-refractivity contribution in [3.8, 4) is 0 Å². The summed E-state index contributed by atoms with van der Waals surface area (Å²) in [6.07, 6.45) is 0. The molecule has 6 nitrogen and oxygen atoms in total. The molecule has 0 saturated carbocycles. The van der Waals surface area contributed by atoms with E-state index in [1.54, 1.807) is 0 Å². The van der Waals surface area contributed by atoms with Crippen LogP contribution in [0.25, 0.3) is 0 Å². The molecule has 0 aromatic carbocycles. The Bertz CT molecular complexity index is 140. The fourth-order valence-corrected chi connectivity index (χ4v) is 1.34. The summed E-state index contributed by atoms with van der Waals surface area (Å²) < 4.78 is 20.1. The number of hydrogen-bond acceptors (Lipinski definition) is 6. The van der Waals surface area contributed by atoms with Gasteiger partial charge in [0.25, 0.3) is 0 Å². The highest BCUT2D eigenvalue weighted by molar-refractivity contribution is 9.09. The normalized spacial score (nSPS) is 10.2. The van der Waals surface area contributed by atoms with E-state index in [0.29, 0.717) is 39.6 Å². The van der Waals surface area contributed by atoms with E-state index in [0.717, 1.165) is 23.9 Å². The van der Waals surface area contributed by atoms with Crippen LogP contribution in [0.5, 0.6) is 0 Å². The van der Waals surface area contributed by atoms with Crippen LogP contribution in [0.15, 0.2) is 0 Å². The molecule has 0 unspecified atom stereocenters. The van der Waals surface area contributed by atoms with Gasteiger partial charge < -0.3 is 29.2 Å². The number of aliphatic hydroxyl groups is 2. The van der Waals surface area contributed by atoms with Crippen molar-refractivity contribution in [3.05, 3.63) is 0 Å². The van der Waals surface area contributed by atoms with Crippen molar-refractivity contribution in [2.45, 2.75) is 0 Å². The topological polar surface area (TPSA) is 77.4 Å². The zero-order chi connectivity index (χ0) is 15.3. The average Bonchev–Trinajstić information content (AvgIpc) is 2.47. The molecule has 0 aliphatic rings. The van der Waals surface area contributed by atoms with Gasteiger partial charge in [-0.2, -0.15) is 0 Å². The fourth-order valence-electron chi connectivity index (χ4n) is 0.882. The molecule has 0 aromatic rings. The summed E-state index contributed by atoms with van der Waals surface area (Å²) in [7, 11) is 0. The maximum Gasteiger partial charge on any atom is 0.0701 e. The van der Waals surface area contributed by atoms with E-state index in [1.807, 2.05) is 0 Å². The Morgan fingerprint density at radius 3 is 1.10 bits per heavy atom. The maximum atomic E-state index is 8.36. The van der Waals surface area contributed by atoms with Gasteiger partial charge in [-0.05, 0) is 0 Å². The Balaban J connectivity index is 0. The minimum Gasteiger partial charge on any atom is -0.394 e. The van der Waals surface area contributed by atoms with Crippen molar-refractivity contribution >= 4 is 31.9 Å². The van der Waals surface area contributed by atoms with Gasteiger partial charge >= 0.3 is 0 Å². The highest BCUT2D eigenvalue weighted by Gasteiger charge is 1.89. The van der Waals surface area contributed by atoms with Gasteiger partial charge in [0.1, 0.15) is 0 Å². The lowest BCUT2D eigenvalue weighted by Gasteiger charge is -2.04. The molecule has 0 bridgehead atoms. The van der Waals surface area contributed by atoms with Crippen LogP contribution in [0.1, 0.15) is 0 Å². The van der Waals surface area contributed by atoms with Gasteiger partial charge in [0, 0.05) is 10.7 Å². The Hall–Kier alpha value is 0.720. The number of hydrogen-bond donors (Lipinski definition) is 2. The number of alkyl halides is 2. The summed E-state index contributed by atoms with van der Waals surface area (Å²) in [6, 6.07) is 0. The van der Waals surface area contributed by atoms with E-state index in [1.165, 1.54) is 0 Å². The van der Waals surface area contributed by atoms with Gasteiger partial charge in [0.05, 0.1) is 66.1 Å². The number of halogens is 2. The van der Waals surface area contributed by atoms with Gasteiger partial charge in [0.15, 0.2) is 0 Å². The second-order valence-corrected chi connectivity index (χ2v) is 4.86. The molecule has 0 heterocycles. The average molecular weight is 426 g/mol. The summed E-state index contributed by atoms with van der Waals surface area (Å²) in [5.74, 6) is 0. The lowest BCUT2D eigenvalue weighted by Crippen LogP contribution is -2.11. The van der Waals surface area contributed by atoms with Gasteiger partial charge in [-0.15, -0.1) is 0 Å². The highest BCUT2D eigenvalue weighted by atomic mass is 79.9. The van der Waals surface area contributed by atoms with Crippen LogP contribution in [0.2, 0.25) is 0 Å². The first-order chi connectivity index (χ1) is 9.83. The number of aliphatic hydroxyl groups excluding tert-OH is 2. The molecule has 0 atom stereocenters. The molecule has 0 amide bonds. The summed E-state index contributed by atoms with van der Waals surface area (Å²) in [5.41, 5.74) is 0. The van der Waals surface area contributed by atoms with Crippen molar-refractivity contribution in [1.29, 1.82) is 0 Å². The van der Waals surface area contributed by atoms with Gasteiger partial charge in [-0.3, -0.25) is 0 Å². The molecule has 0 fully saturated rings. The van der Waals surface area contributed by atoms with E-state index in [-0.39, 0.29) is 13.2 Å². The van der Waals surface area contributed by atoms with Crippen LogP contribution in [0, 0.1) is 0 Å². The monoisotopic (exact) mass is 424 g/mol. The van der Waals surface area contributed by atoms with E-state index >= 15 is 0 Å². The first-order valence-corrected chi connectivity index (χ1v) is 8.72. The molecule has 0 radical (unpaired) electrons. The minimum absolute atomic E-state index is 0.0413. The van der Waals surface area contributed by atoms with Gasteiger partial charge in [-0.25, -0.2) is 0 Å². The van der Waals surface area contributed by atoms with Crippen molar-refractivity contribution in [3.63, 3.8) is 0 Å². The largest absolute Gasteiger partial charge is 0.394 e. The first kappa shape index (κ1) is 23.0. The van der Waals surface area contributed by atoms with E-state index in [9.17, 15) is 0 Å². The zero-order valence-corrected chi connectivity index (χ0v) is 14.9. The zero-order valence-electron chi connectivity index (χ0n) is 11.8. The van der Waals surface area contributed by atoms with Crippen molar-refractivity contribution < 1.29 is 29.2 Å². The standard InChI is InChI=1S/C8H18O5.C4H8Br2O/c9-1-3-11-5-7-13-8-6-12-4-2-10;5-1-3-7-4-2-6/h9-10H,1-8H2;1-4H2. The third-order valence-electron chi connectivity index (χ3n) is 1.66. The molecule has 124 valence electrons. The van der Waals surface area contributed by atoms with Crippen LogP contribution in [0.4, 0.5) is 0 Å². The van der Waals surface area contributed by atoms with Crippen LogP contribution < -0.4 is 0 Å². The Morgan fingerprint density at radius 1 is 0.500 bits per heavy atom. The second-order valence-electron chi connectivity index (χ2n) is 3.27. The van der Waals surface area contributed by atoms with Crippen LogP contribution in [0.3, 0.4) is 0 Å². The van der Waals surface area contributed by atoms with Crippen LogP contribution in [-0.4, -0.2) is 86.9 Å². The predicted octanol–water partition coefficient (Wildman–Crippen LogP) is 0.814. The molecule has 0 aromatic heterocycles. The second kappa shape index (κ2) is 24.7. The summed E-state index contributed by atoms with van der Waals surface area (Å²) >= 11 is 6.48. The van der Waals surface area contributed by atoms with Crippen molar-refractivity contribution in [2.24, 2.45) is 0 Å². The third kappa shape index (κ3) is 27.1. The van der Waals surface area contributed by atoms with Gasteiger partial charge in [-0.1, -0.05) is 31.9 Å². The SMILES string of the molecule is BrCCOCCBr.OCCOCCOCCOCCO. The summed E-state index contributed by atoms with van der Waals surface area (Å²) in [5, 5.41) is 18.6. The minimum atomic E-state index is 0.0413. The molecule has 0 saturated heterocycles. The summed E-state index contributed by atoms with van der Waals surface area (Å²) in [4.78, 5) is 0. The Labute approximate surface area is 138 Å². The molecule has 20 heavy (non-hydrogen) atoms. The first-order valence-electron chi connectivity index (χ1n) is 6.48. The number of rotatable bonds is 14. The molecular formula is C12H26Br2O6. The Kier molecular flexibility index (Phi) is 28.4. The molecule has 0 aliphatic heterocycles. The molecule has 0 aliphatic carbocycles. The Morgan fingerprint density at radius 2 is 0.800 bits per heavy atom. The quantitative estimate of drug-likeness (QED) is 0.317. The lowest BCUT2D eigenvalue weighted by atomic mass is 10.7. The van der Waals surface area contributed by atoms with Gasteiger partial charge in [0.2, 0.25) is 0 Å². The van der Waals surface area contributed by atoms with E-state index in [4.69, 9.17) is 29.2 Å². The van der Waals surface area contributed by atoms with E-state index < -0.39 is 0 Å². The van der Waals surface area contributed by atoms with Crippen LogP contribution >= 0.6 is 31.9 Å². The fraction of sp³-hybridized carbons (Fsp3) is 1.00. The molecule has 0 spiro atoms. The number of ether oxygens (including phenoxy) is 4. The van der Waals surface area contributed by atoms with Crippen molar-refractivity contribution in [1.82, 2.24) is 0 Å². The molecular weight excluding hydrogens is 400 g/mol. The molecule has 8 heteroatoms. The highest BCUT2D eigenvalue weighted by Crippen LogP contribution is 1.84. The van der Waals surface area contributed by atoms with E-state index in [2.05, 4.69) is 31.9 Å². The maximum absolute atomic E-state index is 8.36. The molecule has 0 rings (SSSR count). The third-order valence-corrected chi connectivity index (χ3v) is 2.31. The van der Waals surface area contributed by atoms with Crippen LogP contribution in [-0.2, 0) is 18.9 Å². The van der Waals surface area contributed by atoms with Crippen molar-refractivity contribution in [2.75, 3.05) is 76.7 Å². The summed E-state index contributed by atoms with van der Waals surface area (Å²) in [6.45, 7) is 4.39. The molecule has 2 N–H and O–H groups in total. The predicted molar refractivity (Wildman–Crippen MR) is 85.0 cm³/mol. The lowest BCUT2D eigenvalue weighted by molar-refractivity contribution is 0.00230.